The Morgan fingerprint density at radius 3 is 2.62 bits per heavy atom. The van der Waals surface area contributed by atoms with E-state index in [1.165, 1.54) is 11.3 Å². The molecule has 0 saturated carbocycles. The van der Waals surface area contributed by atoms with Crippen LogP contribution in [0.3, 0.4) is 0 Å². The molecule has 2 heterocycles. The van der Waals surface area contributed by atoms with Crippen molar-refractivity contribution >= 4 is 11.4 Å². The molecule has 2 aliphatic heterocycles. The molecule has 4 heteroatoms. The molecule has 2 aliphatic rings. The van der Waals surface area contributed by atoms with Crippen LogP contribution in [0.5, 0.6) is 5.75 Å². The number of fused-ring (bicyclic) bond motifs is 1. The fourth-order valence-corrected chi connectivity index (χ4v) is 3.49. The zero-order valence-corrected chi connectivity index (χ0v) is 14.2. The number of hydrogen-bond donors (Lipinski definition) is 1. The molecule has 0 bridgehead atoms. The van der Waals surface area contributed by atoms with Crippen molar-refractivity contribution < 1.29 is 4.74 Å². The lowest BCUT2D eigenvalue weighted by atomic mass is 10.1. The lowest BCUT2D eigenvalue weighted by Crippen LogP contribution is -2.45. The van der Waals surface area contributed by atoms with Gasteiger partial charge in [-0.25, -0.2) is 0 Å². The quantitative estimate of drug-likeness (QED) is 0.939. The number of anilines is 2. The maximum atomic E-state index is 5.86. The predicted octanol–water partition coefficient (Wildman–Crippen LogP) is 3.20. The fraction of sp³-hybridized carbons (Fsp3) is 0.400. The second kappa shape index (κ2) is 6.73. The highest BCUT2D eigenvalue weighted by Gasteiger charge is 2.19. The van der Waals surface area contributed by atoms with E-state index in [-0.39, 0.29) is 6.10 Å². The number of hydrogen-bond acceptors (Lipinski definition) is 4. The summed E-state index contributed by atoms with van der Waals surface area (Å²) in [5, 5.41) is 3.47. The number of piperazine rings is 1. The molecule has 24 heavy (non-hydrogen) atoms. The summed E-state index contributed by atoms with van der Waals surface area (Å²) < 4.78 is 5.86. The third kappa shape index (κ3) is 3.34. The second-order valence-electron chi connectivity index (χ2n) is 6.74. The van der Waals surface area contributed by atoms with Gasteiger partial charge in [-0.1, -0.05) is 24.3 Å². The van der Waals surface area contributed by atoms with Gasteiger partial charge in [0.2, 0.25) is 0 Å². The average Bonchev–Trinajstić information content (AvgIpc) is 2.63. The first-order valence-electron chi connectivity index (χ1n) is 8.84. The van der Waals surface area contributed by atoms with Gasteiger partial charge in [-0.3, -0.25) is 4.90 Å². The summed E-state index contributed by atoms with van der Waals surface area (Å²) in [6.07, 6.45) is 0.245. The molecular weight excluding hydrogens is 298 g/mol. The van der Waals surface area contributed by atoms with Crippen molar-refractivity contribution in [3.63, 3.8) is 0 Å². The van der Waals surface area contributed by atoms with E-state index in [2.05, 4.69) is 70.6 Å². The van der Waals surface area contributed by atoms with Crippen LogP contribution in [0.25, 0.3) is 0 Å². The van der Waals surface area contributed by atoms with E-state index < -0.39 is 0 Å². The monoisotopic (exact) mass is 323 g/mol. The number of nitrogens with zero attached hydrogens (tertiary/aromatic N) is 2. The summed E-state index contributed by atoms with van der Waals surface area (Å²) in [6, 6.07) is 17.3. The van der Waals surface area contributed by atoms with Crippen molar-refractivity contribution in [3.05, 3.63) is 54.1 Å². The van der Waals surface area contributed by atoms with Crippen LogP contribution in [0.4, 0.5) is 11.4 Å². The van der Waals surface area contributed by atoms with Gasteiger partial charge >= 0.3 is 0 Å². The molecule has 2 aromatic carbocycles. The van der Waals surface area contributed by atoms with Crippen LogP contribution < -0.4 is 15.0 Å². The van der Waals surface area contributed by atoms with Gasteiger partial charge in [-0.2, -0.15) is 0 Å². The fourth-order valence-electron chi connectivity index (χ4n) is 3.49. The molecule has 1 unspecified atom stereocenters. The third-order valence-electron chi connectivity index (χ3n) is 4.85. The average molecular weight is 323 g/mol. The number of benzene rings is 2. The number of rotatable bonds is 3. The molecule has 0 radical (unpaired) electrons. The van der Waals surface area contributed by atoms with Gasteiger partial charge in [0.05, 0.1) is 12.2 Å². The van der Waals surface area contributed by atoms with E-state index >= 15 is 0 Å². The molecule has 0 amide bonds. The van der Waals surface area contributed by atoms with Gasteiger partial charge in [0.25, 0.3) is 0 Å². The zero-order chi connectivity index (χ0) is 16.4. The lowest BCUT2D eigenvalue weighted by molar-refractivity contribution is 0.225. The summed E-state index contributed by atoms with van der Waals surface area (Å²) >= 11 is 0. The first-order valence-corrected chi connectivity index (χ1v) is 8.84. The Hall–Kier alpha value is -2.20. The van der Waals surface area contributed by atoms with Gasteiger partial charge in [-0.15, -0.1) is 0 Å². The Kier molecular flexibility index (Phi) is 4.30. The summed E-state index contributed by atoms with van der Waals surface area (Å²) in [6.45, 7) is 8.37. The first kappa shape index (κ1) is 15.3. The molecule has 1 N–H and O–H groups in total. The molecule has 1 fully saturated rings. The largest absolute Gasteiger partial charge is 0.487 e. The van der Waals surface area contributed by atoms with E-state index in [1.54, 1.807) is 0 Å². The van der Waals surface area contributed by atoms with Crippen LogP contribution >= 0.6 is 0 Å². The minimum Gasteiger partial charge on any atom is -0.487 e. The molecule has 4 rings (SSSR count). The number of ether oxygens (including phenoxy) is 1. The van der Waals surface area contributed by atoms with Crippen molar-refractivity contribution in [1.82, 2.24) is 4.90 Å². The Morgan fingerprint density at radius 1 is 1.04 bits per heavy atom. The molecule has 0 spiro atoms. The standard InChI is InChI=1S/C20H25N3O/c1-16-14-21-19-13-17(7-8-20(19)24-16)15-22-9-11-23(12-10-22)18-5-3-2-4-6-18/h2-8,13,16,21H,9-12,14-15H2,1H3. The molecule has 0 aliphatic carbocycles. The maximum Gasteiger partial charge on any atom is 0.142 e. The van der Waals surface area contributed by atoms with Crippen LogP contribution in [0.2, 0.25) is 0 Å². The van der Waals surface area contributed by atoms with Crippen LogP contribution in [-0.2, 0) is 6.54 Å². The van der Waals surface area contributed by atoms with Crippen molar-refractivity contribution in [1.29, 1.82) is 0 Å². The molecule has 2 aromatic rings. The van der Waals surface area contributed by atoms with E-state index in [9.17, 15) is 0 Å². The van der Waals surface area contributed by atoms with Crippen molar-refractivity contribution in [3.8, 4) is 5.75 Å². The Morgan fingerprint density at radius 2 is 1.83 bits per heavy atom. The van der Waals surface area contributed by atoms with Crippen molar-refractivity contribution in [2.45, 2.75) is 19.6 Å². The van der Waals surface area contributed by atoms with Crippen LogP contribution in [-0.4, -0.2) is 43.7 Å². The topological polar surface area (TPSA) is 27.7 Å². The van der Waals surface area contributed by atoms with Gasteiger partial charge in [0.15, 0.2) is 0 Å². The van der Waals surface area contributed by atoms with Crippen molar-refractivity contribution in [2.75, 3.05) is 42.9 Å². The summed E-state index contributed by atoms with van der Waals surface area (Å²) in [5.74, 6) is 0.978. The van der Waals surface area contributed by atoms with Crippen molar-refractivity contribution in [2.24, 2.45) is 0 Å². The highest BCUT2D eigenvalue weighted by Crippen LogP contribution is 2.30. The Labute approximate surface area is 144 Å². The number of para-hydroxylation sites is 1. The normalized spacial score (nSPS) is 20.9. The van der Waals surface area contributed by atoms with E-state index in [0.717, 1.165) is 50.7 Å². The van der Waals surface area contributed by atoms with Gasteiger partial charge < -0.3 is 15.0 Å². The van der Waals surface area contributed by atoms with Gasteiger partial charge in [0.1, 0.15) is 11.9 Å². The highest BCUT2D eigenvalue weighted by atomic mass is 16.5. The third-order valence-corrected chi connectivity index (χ3v) is 4.85. The summed E-state index contributed by atoms with van der Waals surface area (Å²) in [5.41, 5.74) is 3.82. The first-order chi connectivity index (χ1) is 11.8. The minimum atomic E-state index is 0.245. The van der Waals surface area contributed by atoms with E-state index in [4.69, 9.17) is 4.74 Å². The number of nitrogens with one attached hydrogen (secondary N) is 1. The van der Waals surface area contributed by atoms with Crippen LogP contribution in [0.15, 0.2) is 48.5 Å². The molecule has 126 valence electrons. The maximum absolute atomic E-state index is 5.86. The second-order valence-corrected chi connectivity index (χ2v) is 6.74. The highest BCUT2D eigenvalue weighted by molar-refractivity contribution is 5.59. The van der Waals surface area contributed by atoms with Gasteiger partial charge in [0, 0.05) is 38.4 Å². The molecule has 1 saturated heterocycles. The van der Waals surface area contributed by atoms with Crippen LogP contribution in [0.1, 0.15) is 12.5 Å². The zero-order valence-electron chi connectivity index (χ0n) is 14.2. The minimum absolute atomic E-state index is 0.245. The Balaban J connectivity index is 1.36. The van der Waals surface area contributed by atoms with E-state index in [0.29, 0.717) is 0 Å². The molecular formula is C20H25N3O. The van der Waals surface area contributed by atoms with E-state index in [1.807, 2.05) is 0 Å². The van der Waals surface area contributed by atoms with Crippen LogP contribution in [0, 0.1) is 0 Å². The SMILES string of the molecule is CC1CNc2cc(CN3CCN(c4ccccc4)CC3)ccc2O1. The summed E-state index contributed by atoms with van der Waals surface area (Å²) in [7, 11) is 0. The Bertz CT molecular complexity index is 681. The molecule has 0 aromatic heterocycles. The smallest absolute Gasteiger partial charge is 0.142 e. The molecule has 1 atom stereocenters. The lowest BCUT2D eigenvalue weighted by Gasteiger charge is -2.36. The molecule has 4 nitrogen and oxygen atoms in total. The predicted molar refractivity (Wildman–Crippen MR) is 99.0 cm³/mol. The summed E-state index contributed by atoms with van der Waals surface area (Å²) in [4.78, 5) is 5.01. The van der Waals surface area contributed by atoms with Gasteiger partial charge in [-0.05, 0) is 36.8 Å².